The van der Waals surface area contributed by atoms with Crippen LogP contribution >= 0.6 is 11.6 Å². The third-order valence-corrected chi connectivity index (χ3v) is 4.05. The topological polar surface area (TPSA) is 87.7 Å². The number of carbonyl (C=O) groups excluding carboxylic acids is 3. The minimum atomic E-state index is -1.07. The zero-order valence-corrected chi connectivity index (χ0v) is 14.1. The lowest BCUT2D eigenvalue weighted by Gasteiger charge is -2.21. The standard InChI is InChI=1S/C15H17ClFN3O4/c1-4-15(3)13(22)20(14(23)18-15)19-12(21)8(2)24-11-6-5-9(17)7-10(11)16/h5-8H,4H2,1-3H3,(H,18,23)(H,19,21). The molecule has 0 bridgehead atoms. The molecule has 24 heavy (non-hydrogen) atoms. The van der Waals surface area contributed by atoms with Crippen molar-refractivity contribution in [3.05, 3.63) is 29.0 Å². The van der Waals surface area contributed by atoms with Gasteiger partial charge in [0, 0.05) is 0 Å². The molecule has 2 unspecified atom stereocenters. The van der Waals surface area contributed by atoms with Crippen molar-refractivity contribution in [2.75, 3.05) is 0 Å². The molecule has 0 saturated carbocycles. The van der Waals surface area contributed by atoms with E-state index in [1.807, 2.05) is 0 Å². The van der Waals surface area contributed by atoms with Gasteiger partial charge in [-0.05, 0) is 38.5 Å². The zero-order chi connectivity index (χ0) is 18.1. The summed E-state index contributed by atoms with van der Waals surface area (Å²) in [6, 6.07) is 2.75. The molecule has 1 saturated heterocycles. The molecule has 2 N–H and O–H groups in total. The van der Waals surface area contributed by atoms with Crippen LogP contribution in [0, 0.1) is 5.82 Å². The molecule has 2 rings (SSSR count). The zero-order valence-electron chi connectivity index (χ0n) is 13.4. The van der Waals surface area contributed by atoms with E-state index in [2.05, 4.69) is 10.7 Å². The van der Waals surface area contributed by atoms with E-state index >= 15 is 0 Å². The van der Waals surface area contributed by atoms with Crippen molar-refractivity contribution in [3.8, 4) is 5.75 Å². The van der Waals surface area contributed by atoms with E-state index < -0.39 is 35.3 Å². The van der Waals surface area contributed by atoms with Crippen LogP contribution in [0.15, 0.2) is 18.2 Å². The first kappa shape index (κ1) is 18.0. The summed E-state index contributed by atoms with van der Waals surface area (Å²) in [6.07, 6.45) is -0.691. The van der Waals surface area contributed by atoms with Gasteiger partial charge in [-0.3, -0.25) is 15.0 Å². The summed E-state index contributed by atoms with van der Waals surface area (Å²) in [6.45, 7) is 4.72. The van der Waals surface area contributed by atoms with Crippen LogP contribution in [0.3, 0.4) is 0 Å². The minimum Gasteiger partial charge on any atom is -0.479 e. The van der Waals surface area contributed by atoms with Crippen molar-refractivity contribution in [2.45, 2.75) is 38.8 Å². The van der Waals surface area contributed by atoms with Gasteiger partial charge in [-0.1, -0.05) is 18.5 Å². The summed E-state index contributed by atoms with van der Waals surface area (Å²) in [5.41, 5.74) is 1.15. The van der Waals surface area contributed by atoms with Crippen LogP contribution in [-0.4, -0.2) is 34.5 Å². The molecule has 0 aromatic heterocycles. The van der Waals surface area contributed by atoms with Crippen LogP contribution in [0.5, 0.6) is 5.75 Å². The first-order chi connectivity index (χ1) is 11.2. The molecule has 7 nitrogen and oxygen atoms in total. The van der Waals surface area contributed by atoms with Gasteiger partial charge < -0.3 is 10.1 Å². The Kier molecular flexibility index (Phi) is 4.98. The second-order valence-corrected chi connectivity index (χ2v) is 5.97. The number of hydrogen-bond acceptors (Lipinski definition) is 4. The molecule has 0 spiro atoms. The molecule has 9 heteroatoms. The number of carbonyl (C=O) groups is 3. The number of urea groups is 1. The number of benzene rings is 1. The highest BCUT2D eigenvalue weighted by Crippen LogP contribution is 2.26. The summed E-state index contributed by atoms with van der Waals surface area (Å²) in [5.74, 6) is -1.71. The van der Waals surface area contributed by atoms with Crippen molar-refractivity contribution < 1.29 is 23.5 Å². The summed E-state index contributed by atoms with van der Waals surface area (Å²) >= 11 is 5.83. The van der Waals surface area contributed by atoms with Gasteiger partial charge in [0.2, 0.25) is 0 Å². The molecule has 1 aliphatic rings. The van der Waals surface area contributed by atoms with Crippen molar-refractivity contribution in [3.63, 3.8) is 0 Å². The molecule has 4 amide bonds. The minimum absolute atomic E-state index is 0.00296. The van der Waals surface area contributed by atoms with Gasteiger partial charge in [0.25, 0.3) is 11.8 Å². The monoisotopic (exact) mass is 357 g/mol. The van der Waals surface area contributed by atoms with Gasteiger partial charge in [0.1, 0.15) is 17.1 Å². The molecular weight excluding hydrogens is 341 g/mol. The Morgan fingerprint density at radius 2 is 2.17 bits per heavy atom. The number of imide groups is 1. The van der Waals surface area contributed by atoms with E-state index in [4.69, 9.17) is 16.3 Å². The molecule has 0 aliphatic carbocycles. The fourth-order valence-corrected chi connectivity index (χ4v) is 2.25. The van der Waals surface area contributed by atoms with Crippen molar-refractivity contribution in [2.24, 2.45) is 0 Å². The van der Waals surface area contributed by atoms with Gasteiger partial charge in [0.05, 0.1) is 5.02 Å². The SMILES string of the molecule is CCC1(C)NC(=O)N(NC(=O)C(C)Oc2ccc(F)cc2Cl)C1=O. The molecule has 130 valence electrons. The summed E-state index contributed by atoms with van der Waals surface area (Å²) in [4.78, 5) is 36.2. The molecule has 1 aromatic rings. The third kappa shape index (κ3) is 3.43. The Balaban J connectivity index is 2.04. The Labute approximate surface area is 143 Å². The predicted octanol–water partition coefficient (Wildman–Crippen LogP) is 2.00. The van der Waals surface area contributed by atoms with E-state index in [1.165, 1.54) is 13.0 Å². The number of halogens is 2. The normalized spacial score (nSPS) is 21.5. The fraction of sp³-hybridized carbons (Fsp3) is 0.400. The van der Waals surface area contributed by atoms with E-state index in [0.29, 0.717) is 11.4 Å². The van der Waals surface area contributed by atoms with Crippen LogP contribution in [-0.2, 0) is 9.59 Å². The molecule has 1 aromatic carbocycles. The maximum absolute atomic E-state index is 13.0. The van der Waals surface area contributed by atoms with Crippen LogP contribution in [0.4, 0.5) is 9.18 Å². The van der Waals surface area contributed by atoms with Gasteiger partial charge in [-0.15, -0.1) is 0 Å². The van der Waals surface area contributed by atoms with Crippen LogP contribution in [0.1, 0.15) is 27.2 Å². The highest BCUT2D eigenvalue weighted by molar-refractivity contribution is 6.32. The average Bonchev–Trinajstić information content (AvgIpc) is 2.74. The lowest BCUT2D eigenvalue weighted by molar-refractivity contribution is -0.141. The molecule has 1 heterocycles. The fourth-order valence-electron chi connectivity index (χ4n) is 2.04. The lowest BCUT2D eigenvalue weighted by Crippen LogP contribution is -2.51. The molecule has 1 fully saturated rings. The number of amides is 4. The van der Waals surface area contributed by atoms with Crippen LogP contribution in [0.2, 0.25) is 5.02 Å². The van der Waals surface area contributed by atoms with Crippen LogP contribution < -0.4 is 15.5 Å². The van der Waals surface area contributed by atoms with E-state index in [0.717, 1.165) is 12.1 Å². The number of nitrogens with one attached hydrogen (secondary N) is 2. The second-order valence-electron chi connectivity index (χ2n) is 5.57. The second kappa shape index (κ2) is 6.64. The number of hydrogen-bond donors (Lipinski definition) is 2. The predicted molar refractivity (Wildman–Crippen MR) is 83.7 cm³/mol. The maximum Gasteiger partial charge on any atom is 0.344 e. The molecule has 1 aliphatic heterocycles. The van der Waals surface area contributed by atoms with Crippen molar-refractivity contribution >= 4 is 29.4 Å². The Morgan fingerprint density at radius 1 is 1.50 bits per heavy atom. The van der Waals surface area contributed by atoms with E-state index in [-0.39, 0.29) is 10.8 Å². The first-order valence-corrected chi connectivity index (χ1v) is 7.64. The van der Waals surface area contributed by atoms with Gasteiger partial charge in [-0.25, -0.2) is 9.18 Å². The smallest absolute Gasteiger partial charge is 0.344 e. The molecule has 2 atom stereocenters. The van der Waals surface area contributed by atoms with E-state index in [9.17, 15) is 18.8 Å². The summed E-state index contributed by atoms with van der Waals surface area (Å²) in [5, 5.41) is 3.13. The Bertz CT molecular complexity index is 699. The quantitative estimate of drug-likeness (QED) is 0.789. The lowest BCUT2D eigenvalue weighted by atomic mass is 10.00. The van der Waals surface area contributed by atoms with Crippen molar-refractivity contribution in [1.29, 1.82) is 0 Å². The van der Waals surface area contributed by atoms with Gasteiger partial charge in [-0.2, -0.15) is 5.01 Å². The highest BCUT2D eigenvalue weighted by atomic mass is 35.5. The largest absolute Gasteiger partial charge is 0.479 e. The number of ether oxygens (including phenoxy) is 1. The Morgan fingerprint density at radius 3 is 2.71 bits per heavy atom. The number of rotatable bonds is 5. The van der Waals surface area contributed by atoms with Crippen molar-refractivity contribution in [1.82, 2.24) is 15.8 Å². The molecule has 0 radical (unpaired) electrons. The first-order valence-electron chi connectivity index (χ1n) is 7.27. The Hall–Kier alpha value is -2.35. The third-order valence-electron chi connectivity index (χ3n) is 3.76. The van der Waals surface area contributed by atoms with Gasteiger partial charge in [0.15, 0.2) is 6.10 Å². The highest BCUT2D eigenvalue weighted by Gasteiger charge is 2.47. The molecular formula is C15H17ClFN3O4. The van der Waals surface area contributed by atoms with Gasteiger partial charge >= 0.3 is 6.03 Å². The summed E-state index contributed by atoms with van der Waals surface area (Å²) < 4.78 is 18.3. The average molecular weight is 358 g/mol. The number of hydrazine groups is 1. The van der Waals surface area contributed by atoms with E-state index in [1.54, 1.807) is 13.8 Å². The summed E-state index contributed by atoms with van der Waals surface area (Å²) in [7, 11) is 0. The maximum atomic E-state index is 13.0. The van der Waals surface area contributed by atoms with Crippen LogP contribution in [0.25, 0.3) is 0 Å². The number of nitrogens with zero attached hydrogens (tertiary/aromatic N) is 1.